The number of pyridine rings is 1. The molecule has 1 N–H and O–H groups in total. The van der Waals surface area contributed by atoms with Gasteiger partial charge in [0.15, 0.2) is 0 Å². The molecule has 4 heterocycles. The van der Waals surface area contributed by atoms with E-state index < -0.39 is 6.10 Å². The minimum atomic E-state index is -0.508. The summed E-state index contributed by atoms with van der Waals surface area (Å²) in [6.07, 6.45) is 5.63. The number of aromatic nitrogens is 1. The highest BCUT2D eigenvalue weighted by Crippen LogP contribution is 2.42. The Labute approximate surface area is 149 Å². The van der Waals surface area contributed by atoms with Crippen molar-refractivity contribution in [2.24, 2.45) is 11.8 Å². The van der Waals surface area contributed by atoms with Crippen LogP contribution in [0.25, 0.3) is 10.9 Å². The second-order valence-electron chi connectivity index (χ2n) is 7.43. The fourth-order valence-corrected chi connectivity index (χ4v) is 4.69. The average Bonchev–Trinajstić information content (AvgIpc) is 2.66. The highest BCUT2D eigenvalue weighted by atomic mass is 16.5. The molecular weight excluding hydrogens is 312 g/mol. The maximum Gasteiger partial charge on any atom is 0.122 e. The largest absolute Gasteiger partial charge is 0.496 e. The maximum absolute atomic E-state index is 11.2. The molecule has 5 rings (SSSR count). The number of nitrogens with zero attached hydrogens (tertiary/aromatic N) is 2. The number of aryl methyl sites for hydroxylation is 1. The molecule has 3 aliphatic rings. The van der Waals surface area contributed by atoms with Crippen LogP contribution in [0.1, 0.15) is 30.1 Å². The molecule has 4 heteroatoms. The normalized spacial score (nSPS) is 29.6. The minimum Gasteiger partial charge on any atom is -0.496 e. The molecule has 1 aromatic carbocycles. The van der Waals surface area contributed by atoms with E-state index in [-0.39, 0.29) is 6.04 Å². The molecule has 2 aromatic rings. The van der Waals surface area contributed by atoms with Gasteiger partial charge in [0, 0.05) is 24.2 Å². The van der Waals surface area contributed by atoms with E-state index in [2.05, 4.69) is 22.5 Å². The van der Waals surface area contributed by atoms with Crippen molar-refractivity contribution in [1.29, 1.82) is 0 Å². The lowest BCUT2D eigenvalue weighted by Crippen LogP contribution is -2.54. The number of rotatable bonds is 4. The van der Waals surface area contributed by atoms with E-state index in [1.807, 2.05) is 25.1 Å². The van der Waals surface area contributed by atoms with Gasteiger partial charge in [-0.3, -0.25) is 9.88 Å². The molecule has 4 nitrogen and oxygen atoms in total. The molecule has 0 aliphatic carbocycles. The molecule has 3 saturated heterocycles. The van der Waals surface area contributed by atoms with Crippen LogP contribution in [-0.4, -0.2) is 41.2 Å². The van der Waals surface area contributed by atoms with Crippen molar-refractivity contribution >= 4 is 10.9 Å². The van der Waals surface area contributed by atoms with Crippen LogP contribution < -0.4 is 4.74 Å². The Morgan fingerprint density at radius 3 is 2.96 bits per heavy atom. The molecular formula is C21H26N2O2. The Kier molecular flexibility index (Phi) is 4.26. The van der Waals surface area contributed by atoms with E-state index in [1.54, 1.807) is 13.3 Å². The lowest BCUT2D eigenvalue weighted by atomic mass is 9.73. The number of benzene rings is 1. The van der Waals surface area contributed by atoms with E-state index in [0.29, 0.717) is 11.8 Å². The first-order valence-electron chi connectivity index (χ1n) is 9.10. The van der Waals surface area contributed by atoms with Gasteiger partial charge < -0.3 is 9.84 Å². The van der Waals surface area contributed by atoms with Crippen molar-refractivity contribution in [2.45, 2.75) is 31.9 Å². The summed E-state index contributed by atoms with van der Waals surface area (Å²) in [5, 5.41) is 12.2. The first kappa shape index (κ1) is 16.6. The molecule has 5 atom stereocenters. The van der Waals surface area contributed by atoms with E-state index >= 15 is 0 Å². The summed E-state index contributed by atoms with van der Waals surface area (Å²) in [4.78, 5) is 6.92. The molecule has 0 saturated carbocycles. The van der Waals surface area contributed by atoms with Crippen LogP contribution in [-0.2, 0) is 0 Å². The van der Waals surface area contributed by atoms with Gasteiger partial charge in [-0.1, -0.05) is 6.08 Å². The summed E-state index contributed by atoms with van der Waals surface area (Å²) in [5.41, 5.74) is 2.93. The predicted molar refractivity (Wildman–Crippen MR) is 99.8 cm³/mol. The molecule has 2 bridgehead atoms. The fraction of sp³-hybridized carbons (Fsp3) is 0.476. The lowest BCUT2D eigenvalue weighted by molar-refractivity contribution is -0.0444. The molecule has 0 spiro atoms. The highest BCUT2D eigenvalue weighted by molar-refractivity contribution is 5.85. The lowest BCUT2D eigenvalue weighted by Gasteiger charge is -2.50. The predicted octanol–water partition coefficient (Wildman–Crippen LogP) is 3.48. The first-order valence-corrected chi connectivity index (χ1v) is 9.10. The second-order valence-corrected chi connectivity index (χ2v) is 7.43. The monoisotopic (exact) mass is 338 g/mol. The van der Waals surface area contributed by atoms with Gasteiger partial charge in [0.1, 0.15) is 5.75 Å². The Bertz CT molecular complexity index is 804. The van der Waals surface area contributed by atoms with Gasteiger partial charge in [-0.25, -0.2) is 0 Å². The Hall–Kier alpha value is -1.91. The highest BCUT2D eigenvalue weighted by Gasteiger charge is 2.42. The van der Waals surface area contributed by atoms with Gasteiger partial charge >= 0.3 is 0 Å². The second kappa shape index (κ2) is 6.43. The standard InChI is InChI=1S/C21H26N2O2/c1-4-14-12-23-8-6-15(14)10-19(23)21(24)16-5-7-22-18-9-13(2)20(25-3)11-17(16)18/h4-5,7,9,11,14-15,19,21,24H,1,6,8,10,12H2,2-3H3/t14-,15?,19-,21+/m0/s1. The third kappa shape index (κ3) is 2.74. The van der Waals surface area contributed by atoms with Crippen LogP contribution in [0.3, 0.4) is 0 Å². The van der Waals surface area contributed by atoms with Gasteiger partial charge in [0.05, 0.1) is 18.7 Å². The summed E-state index contributed by atoms with van der Waals surface area (Å²) in [7, 11) is 1.68. The molecule has 0 amide bonds. The van der Waals surface area contributed by atoms with Gasteiger partial charge in [-0.05, 0) is 67.5 Å². The van der Waals surface area contributed by atoms with Crippen LogP contribution in [0.15, 0.2) is 37.1 Å². The van der Waals surface area contributed by atoms with Crippen LogP contribution in [0, 0.1) is 18.8 Å². The summed E-state index contributed by atoms with van der Waals surface area (Å²) in [5.74, 6) is 2.05. The van der Waals surface area contributed by atoms with E-state index in [4.69, 9.17) is 4.74 Å². The van der Waals surface area contributed by atoms with Crippen molar-refractivity contribution in [3.05, 3.63) is 48.2 Å². The zero-order valence-corrected chi connectivity index (χ0v) is 15.0. The SMILES string of the molecule is C=C[C@H]1CN2CCC1C[C@H]2[C@H](O)c1ccnc2cc(C)c(OC)cc12. The van der Waals surface area contributed by atoms with Crippen molar-refractivity contribution < 1.29 is 9.84 Å². The number of aliphatic hydroxyl groups excluding tert-OH is 1. The number of piperidine rings is 3. The van der Waals surface area contributed by atoms with Crippen molar-refractivity contribution in [3.63, 3.8) is 0 Å². The van der Waals surface area contributed by atoms with Gasteiger partial charge in [0.2, 0.25) is 0 Å². The van der Waals surface area contributed by atoms with Crippen LogP contribution in [0.2, 0.25) is 0 Å². The molecule has 132 valence electrons. The van der Waals surface area contributed by atoms with E-state index in [9.17, 15) is 5.11 Å². The molecule has 1 aromatic heterocycles. The first-order chi connectivity index (χ1) is 12.1. The minimum absolute atomic E-state index is 0.174. The Balaban J connectivity index is 1.71. The summed E-state index contributed by atoms with van der Waals surface area (Å²) in [6, 6.07) is 6.17. The zero-order valence-electron chi connectivity index (χ0n) is 15.0. The third-order valence-corrected chi connectivity index (χ3v) is 6.13. The summed E-state index contributed by atoms with van der Waals surface area (Å²) in [6.45, 7) is 8.09. The van der Waals surface area contributed by atoms with Crippen LogP contribution >= 0.6 is 0 Å². The smallest absolute Gasteiger partial charge is 0.122 e. The number of hydrogen-bond acceptors (Lipinski definition) is 4. The van der Waals surface area contributed by atoms with Crippen molar-refractivity contribution in [1.82, 2.24) is 9.88 Å². The summed E-state index contributed by atoms with van der Waals surface area (Å²) < 4.78 is 5.48. The van der Waals surface area contributed by atoms with E-state index in [0.717, 1.165) is 47.3 Å². The number of fused-ring (bicyclic) bond motifs is 4. The topological polar surface area (TPSA) is 45.6 Å². The molecule has 0 radical (unpaired) electrons. The average molecular weight is 338 g/mol. The maximum atomic E-state index is 11.2. The fourth-order valence-electron chi connectivity index (χ4n) is 4.69. The van der Waals surface area contributed by atoms with Gasteiger partial charge in [-0.2, -0.15) is 0 Å². The van der Waals surface area contributed by atoms with Crippen LogP contribution in [0.4, 0.5) is 0 Å². The molecule has 2 unspecified atom stereocenters. The van der Waals surface area contributed by atoms with Gasteiger partial charge in [-0.15, -0.1) is 6.58 Å². The number of hydrogen-bond donors (Lipinski definition) is 1. The number of ether oxygens (including phenoxy) is 1. The van der Waals surface area contributed by atoms with Crippen molar-refractivity contribution in [3.8, 4) is 5.75 Å². The Morgan fingerprint density at radius 2 is 2.28 bits per heavy atom. The van der Waals surface area contributed by atoms with Gasteiger partial charge in [0.25, 0.3) is 0 Å². The van der Waals surface area contributed by atoms with Crippen LogP contribution in [0.5, 0.6) is 5.75 Å². The Morgan fingerprint density at radius 1 is 1.44 bits per heavy atom. The summed E-state index contributed by atoms with van der Waals surface area (Å²) >= 11 is 0. The molecule has 3 fully saturated rings. The zero-order chi connectivity index (χ0) is 17.6. The number of methoxy groups -OCH3 is 1. The van der Waals surface area contributed by atoms with Crippen molar-refractivity contribution in [2.75, 3.05) is 20.2 Å². The number of aliphatic hydroxyl groups is 1. The third-order valence-electron chi connectivity index (χ3n) is 6.13. The molecule has 25 heavy (non-hydrogen) atoms. The molecule has 3 aliphatic heterocycles. The quantitative estimate of drug-likeness (QED) is 0.867. The van der Waals surface area contributed by atoms with E-state index in [1.165, 1.54) is 6.42 Å².